The van der Waals surface area contributed by atoms with Crippen LogP contribution in [0.25, 0.3) is 0 Å². The summed E-state index contributed by atoms with van der Waals surface area (Å²) in [5.74, 6) is 0.507. The molecule has 1 saturated heterocycles. The number of rotatable bonds is 6. The molecule has 1 aromatic heterocycles. The van der Waals surface area contributed by atoms with Gasteiger partial charge in [0.1, 0.15) is 10.8 Å². The van der Waals surface area contributed by atoms with Crippen molar-refractivity contribution >= 4 is 28.2 Å². The Hall–Kier alpha value is -2.42. The van der Waals surface area contributed by atoms with E-state index in [0.29, 0.717) is 10.6 Å². The van der Waals surface area contributed by atoms with E-state index in [9.17, 15) is 9.59 Å². The van der Waals surface area contributed by atoms with E-state index in [1.807, 2.05) is 6.92 Å². The number of carbonyl (C=O) groups excluding carboxylic acids is 2. The zero-order valence-electron chi connectivity index (χ0n) is 18.5. The molecule has 2 amide bonds. The third kappa shape index (κ3) is 4.14. The predicted molar refractivity (Wildman–Crippen MR) is 125 cm³/mol. The second-order valence-electron chi connectivity index (χ2n) is 8.94. The minimum absolute atomic E-state index is 0.0699. The fourth-order valence-corrected chi connectivity index (χ4v) is 6.34. The number of nitrogens with zero attached hydrogens (tertiary/aromatic N) is 2. The maximum atomic E-state index is 13.0. The van der Waals surface area contributed by atoms with Gasteiger partial charge < -0.3 is 15.8 Å². The molecule has 32 heavy (non-hydrogen) atoms. The number of amides is 2. The van der Waals surface area contributed by atoms with Gasteiger partial charge in [0.2, 0.25) is 5.91 Å². The zero-order chi connectivity index (χ0) is 22.2. The van der Waals surface area contributed by atoms with E-state index >= 15 is 0 Å². The van der Waals surface area contributed by atoms with Crippen LogP contribution in [-0.2, 0) is 30.6 Å². The van der Waals surface area contributed by atoms with E-state index < -0.39 is 5.91 Å². The van der Waals surface area contributed by atoms with Crippen LogP contribution in [0, 0.1) is 0 Å². The minimum atomic E-state index is -0.445. The molecule has 3 aliphatic rings. The lowest BCUT2D eigenvalue weighted by molar-refractivity contribution is -0.121. The van der Waals surface area contributed by atoms with E-state index in [4.69, 9.17) is 10.5 Å². The smallest absolute Gasteiger partial charge is 0.251 e. The van der Waals surface area contributed by atoms with E-state index in [2.05, 4.69) is 33.3 Å². The van der Waals surface area contributed by atoms with Crippen LogP contribution in [0.5, 0.6) is 5.75 Å². The number of fused-ring (bicyclic) bond motifs is 2. The van der Waals surface area contributed by atoms with Gasteiger partial charge in [-0.1, -0.05) is 12.1 Å². The summed E-state index contributed by atoms with van der Waals surface area (Å²) >= 11 is 1.51. The molecule has 3 heterocycles. The summed E-state index contributed by atoms with van der Waals surface area (Å²) in [5, 5.41) is 3.63. The standard InChI is InChI=1S/C24H30N4O3S/c1-15(23(30)26-24-21(22(25)29)18-3-2-4-20(18)32-24)28-10-8-27(9-11-28)14-16-5-6-19-17(13-16)7-12-31-19/h5-6,13,15H,2-4,7-12,14H2,1H3,(H2,25,29)(H,26,30)/t15-/m0/s1. The van der Waals surface area contributed by atoms with Gasteiger partial charge in [0.15, 0.2) is 0 Å². The maximum absolute atomic E-state index is 13.0. The number of hydrogen-bond donors (Lipinski definition) is 2. The van der Waals surface area contributed by atoms with E-state index in [0.717, 1.165) is 76.3 Å². The predicted octanol–water partition coefficient (Wildman–Crippen LogP) is 2.42. The number of aryl methyl sites for hydroxylation is 1. The zero-order valence-corrected chi connectivity index (χ0v) is 19.3. The molecular formula is C24H30N4O3S. The van der Waals surface area contributed by atoms with E-state index in [1.165, 1.54) is 27.3 Å². The molecule has 1 fully saturated rings. The summed E-state index contributed by atoms with van der Waals surface area (Å²) in [5.41, 5.74) is 9.81. The monoisotopic (exact) mass is 454 g/mol. The summed E-state index contributed by atoms with van der Waals surface area (Å²) in [6.07, 6.45) is 3.88. The average molecular weight is 455 g/mol. The Balaban J connectivity index is 1.16. The number of nitrogens with two attached hydrogens (primary N) is 1. The summed E-state index contributed by atoms with van der Waals surface area (Å²) in [4.78, 5) is 30.8. The Morgan fingerprint density at radius 1 is 1.19 bits per heavy atom. The average Bonchev–Trinajstić information content (AvgIpc) is 3.49. The largest absolute Gasteiger partial charge is 0.493 e. The van der Waals surface area contributed by atoms with E-state index in [-0.39, 0.29) is 11.9 Å². The van der Waals surface area contributed by atoms with Crippen molar-refractivity contribution in [2.24, 2.45) is 5.73 Å². The van der Waals surface area contributed by atoms with Crippen molar-refractivity contribution in [3.05, 3.63) is 45.3 Å². The normalized spacial score (nSPS) is 19.3. The van der Waals surface area contributed by atoms with Crippen LogP contribution in [-0.4, -0.2) is 60.4 Å². The van der Waals surface area contributed by atoms with Crippen molar-refractivity contribution in [3.63, 3.8) is 0 Å². The number of thiophene rings is 1. The Morgan fingerprint density at radius 2 is 2.00 bits per heavy atom. The lowest BCUT2D eigenvalue weighted by Gasteiger charge is -2.37. The summed E-state index contributed by atoms with van der Waals surface area (Å²) < 4.78 is 5.60. The van der Waals surface area contributed by atoms with Gasteiger partial charge in [0.25, 0.3) is 5.91 Å². The molecular weight excluding hydrogens is 424 g/mol. The van der Waals surface area contributed by atoms with Crippen molar-refractivity contribution in [2.75, 3.05) is 38.1 Å². The SMILES string of the molecule is C[C@@H](C(=O)Nc1sc2c(c1C(N)=O)CCC2)N1CCN(Cc2ccc3c(c2)CCO3)CC1. The molecule has 170 valence electrons. The highest BCUT2D eigenvalue weighted by atomic mass is 32.1. The summed E-state index contributed by atoms with van der Waals surface area (Å²) in [6, 6.07) is 6.24. The Kier molecular flexibility index (Phi) is 5.92. The highest BCUT2D eigenvalue weighted by Gasteiger charge is 2.30. The first kappa shape index (κ1) is 21.4. The van der Waals surface area contributed by atoms with Crippen LogP contribution in [0.2, 0.25) is 0 Å². The summed E-state index contributed by atoms with van der Waals surface area (Å²) in [6.45, 7) is 7.17. The van der Waals surface area contributed by atoms with Crippen LogP contribution >= 0.6 is 11.3 Å². The van der Waals surface area contributed by atoms with Gasteiger partial charge in [-0.25, -0.2) is 0 Å². The highest BCUT2D eigenvalue weighted by molar-refractivity contribution is 7.17. The molecule has 0 unspecified atom stereocenters. The second-order valence-corrected chi connectivity index (χ2v) is 10.0. The number of hydrogen-bond acceptors (Lipinski definition) is 6. The van der Waals surface area contributed by atoms with Crippen molar-refractivity contribution in [1.82, 2.24) is 9.80 Å². The molecule has 1 atom stereocenters. The van der Waals surface area contributed by atoms with Gasteiger partial charge in [-0.3, -0.25) is 19.4 Å². The topological polar surface area (TPSA) is 87.9 Å². The molecule has 1 aliphatic carbocycles. The molecule has 8 heteroatoms. The molecule has 3 N–H and O–H groups in total. The minimum Gasteiger partial charge on any atom is -0.493 e. The number of nitrogens with one attached hydrogen (secondary N) is 1. The van der Waals surface area contributed by atoms with Crippen molar-refractivity contribution in [2.45, 2.75) is 45.2 Å². The first-order chi connectivity index (χ1) is 15.5. The van der Waals surface area contributed by atoms with Crippen molar-refractivity contribution < 1.29 is 14.3 Å². The number of benzene rings is 1. The molecule has 7 nitrogen and oxygen atoms in total. The van der Waals surface area contributed by atoms with Gasteiger partial charge in [0.05, 0.1) is 18.2 Å². The van der Waals surface area contributed by atoms with Gasteiger partial charge in [0, 0.05) is 44.0 Å². The lowest BCUT2D eigenvalue weighted by atomic mass is 10.1. The quantitative estimate of drug-likeness (QED) is 0.700. The van der Waals surface area contributed by atoms with Gasteiger partial charge in [-0.15, -0.1) is 11.3 Å². The van der Waals surface area contributed by atoms with Crippen LogP contribution in [0.3, 0.4) is 0 Å². The first-order valence-corrected chi connectivity index (χ1v) is 12.3. The van der Waals surface area contributed by atoms with Crippen LogP contribution in [0.1, 0.15) is 45.3 Å². The molecule has 0 bridgehead atoms. The molecule has 0 saturated carbocycles. The number of ether oxygens (including phenoxy) is 1. The molecule has 0 radical (unpaired) electrons. The van der Waals surface area contributed by atoms with Crippen LogP contribution in [0.4, 0.5) is 5.00 Å². The fraction of sp³-hybridized carbons (Fsp3) is 0.500. The van der Waals surface area contributed by atoms with Crippen molar-refractivity contribution in [1.29, 1.82) is 0 Å². The number of primary amides is 1. The third-order valence-electron chi connectivity index (χ3n) is 6.90. The molecule has 2 aromatic rings. The molecule has 0 spiro atoms. The lowest BCUT2D eigenvalue weighted by Crippen LogP contribution is -2.52. The fourth-order valence-electron chi connectivity index (χ4n) is 5.04. The maximum Gasteiger partial charge on any atom is 0.251 e. The number of anilines is 1. The third-order valence-corrected chi connectivity index (χ3v) is 8.11. The Morgan fingerprint density at radius 3 is 2.78 bits per heavy atom. The molecule has 5 rings (SSSR count). The van der Waals surface area contributed by atoms with Gasteiger partial charge in [-0.2, -0.15) is 0 Å². The van der Waals surface area contributed by atoms with Gasteiger partial charge >= 0.3 is 0 Å². The first-order valence-electron chi connectivity index (χ1n) is 11.5. The molecule has 1 aromatic carbocycles. The Bertz CT molecular complexity index is 1040. The Labute approximate surface area is 192 Å². The van der Waals surface area contributed by atoms with Crippen LogP contribution in [0.15, 0.2) is 18.2 Å². The van der Waals surface area contributed by atoms with E-state index in [1.54, 1.807) is 0 Å². The summed E-state index contributed by atoms with van der Waals surface area (Å²) in [7, 11) is 0. The van der Waals surface area contributed by atoms with Gasteiger partial charge in [-0.05, 0) is 48.9 Å². The second kappa shape index (κ2) is 8.84. The number of piperazine rings is 1. The highest BCUT2D eigenvalue weighted by Crippen LogP contribution is 2.39. The molecule has 2 aliphatic heterocycles. The van der Waals surface area contributed by atoms with Crippen LogP contribution < -0.4 is 15.8 Å². The van der Waals surface area contributed by atoms with Crippen molar-refractivity contribution in [3.8, 4) is 5.75 Å². The number of carbonyl (C=O) groups is 2.